The standard InChI is InChI=1S/C31H39N3O2.CH4/c1-22-10-13-27-26(20-22)30-29(23-8-4-2-5-9-23)25-12-11-24(31(35)36)21-28(25)34(30)19-18-33(27)17-16-32-14-6-3-7-15-32;/h10-13,20-21,23H,2-9,14-19H2,1H3,(H,35,36);1H4. The summed E-state index contributed by atoms with van der Waals surface area (Å²) in [6, 6.07) is 12.8. The zero-order chi connectivity index (χ0) is 24.6. The second-order valence-corrected chi connectivity index (χ2v) is 11.2. The number of anilines is 1. The first-order valence-electron chi connectivity index (χ1n) is 14.1. The number of rotatable bonds is 5. The van der Waals surface area contributed by atoms with Gasteiger partial charge in [0.15, 0.2) is 0 Å². The Morgan fingerprint density at radius 3 is 2.41 bits per heavy atom. The maximum absolute atomic E-state index is 11.9. The van der Waals surface area contributed by atoms with E-state index in [1.807, 2.05) is 6.07 Å². The lowest BCUT2D eigenvalue weighted by Crippen LogP contribution is -2.38. The number of aromatic carboxylic acids is 1. The molecule has 1 saturated heterocycles. The number of piperidine rings is 1. The van der Waals surface area contributed by atoms with Crippen molar-refractivity contribution in [3.63, 3.8) is 0 Å². The largest absolute Gasteiger partial charge is 0.478 e. The predicted octanol–water partition coefficient (Wildman–Crippen LogP) is 7.30. The van der Waals surface area contributed by atoms with Crippen LogP contribution in [-0.4, -0.2) is 53.3 Å². The number of hydrogen-bond donors (Lipinski definition) is 1. The molecule has 2 aliphatic heterocycles. The van der Waals surface area contributed by atoms with Crippen LogP contribution >= 0.6 is 0 Å². The van der Waals surface area contributed by atoms with E-state index in [2.05, 4.69) is 45.6 Å². The number of nitrogens with zero attached hydrogens (tertiary/aromatic N) is 3. The van der Waals surface area contributed by atoms with E-state index in [1.165, 1.54) is 97.9 Å². The number of fused-ring (bicyclic) bond motifs is 5. The first kappa shape index (κ1) is 25.8. The highest BCUT2D eigenvalue weighted by Gasteiger charge is 2.31. The number of carboxylic acids is 1. The minimum atomic E-state index is -0.848. The van der Waals surface area contributed by atoms with Crippen LogP contribution in [0.3, 0.4) is 0 Å². The van der Waals surface area contributed by atoms with Crippen molar-refractivity contribution in [1.82, 2.24) is 9.47 Å². The smallest absolute Gasteiger partial charge is 0.335 e. The number of likely N-dealkylation sites (tertiary alicyclic amines) is 1. The Morgan fingerprint density at radius 1 is 0.892 bits per heavy atom. The molecule has 1 aromatic heterocycles. The molecule has 3 aliphatic rings. The molecule has 6 rings (SSSR count). The van der Waals surface area contributed by atoms with Crippen LogP contribution in [-0.2, 0) is 6.54 Å². The lowest BCUT2D eigenvalue weighted by Gasteiger charge is -2.31. The topological polar surface area (TPSA) is 48.7 Å². The third-order valence-corrected chi connectivity index (χ3v) is 8.84. The highest BCUT2D eigenvalue weighted by atomic mass is 16.4. The van der Waals surface area contributed by atoms with Crippen LogP contribution in [0.5, 0.6) is 0 Å². The molecule has 5 heteroatoms. The van der Waals surface area contributed by atoms with Crippen molar-refractivity contribution in [3.05, 3.63) is 53.1 Å². The second kappa shape index (κ2) is 10.9. The van der Waals surface area contributed by atoms with Gasteiger partial charge in [0.2, 0.25) is 0 Å². The van der Waals surface area contributed by atoms with Gasteiger partial charge >= 0.3 is 5.97 Å². The van der Waals surface area contributed by atoms with E-state index < -0.39 is 5.97 Å². The van der Waals surface area contributed by atoms with Crippen molar-refractivity contribution in [2.45, 2.75) is 78.2 Å². The number of carboxylic acid groups (broad SMARTS) is 1. The number of aryl methyl sites for hydroxylation is 1. The van der Waals surface area contributed by atoms with Crippen LogP contribution < -0.4 is 4.90 Å². The molecule has 3 aromatic rings. The van der Waals surface area contributed by atoms with Gasteiger partial charge in [-0.2, -0.15) is 0 Å². The van der Waals surface area contributed by atoms with E-state index in [4.69, 9.17) is 0 Å². The molecule has 2 aromatic carbocycles. The zero-order valence-electron chi connectivity index (χ0n) is 21.6. The quantitative estimate of drug-likeness (QED) is 0.398. The molecule has 0 spiro atoms. The third kappa shape index (κ3) is 4.90. The Morgan fingerprint density at radius 2 is 1.65 bits per heavy atom. The first-order chi connectivity index (χ1) is 17.6. The molecule has 37 heavy (non-hydrogen) atoms. The molecule has 1 N–H and O–H groups in total. The van der Waals surface area contributed by atoms with Gasteiger partial charge in [-0.25, -0.2) is 4.79 Å². The third-order valence-electron chi connectivity index (χ3n) is 8.84. The predicted molar refractivity (Wildman–Crippen MR) is 154 cm³/mol. The van der Waals surface area contributed by atoms with E-state index in [9.17, 15) is 9.90 Å². The summed E-state index contributed by atoms with van der Waals surface area (Å²) in [6.07, 6.45) is 10.4. The fourth-order valence-corrected chi connectivity index (χ4v) is 6.97. The summed E-state index contributed by atoms with van der Waals surface area (Å²) in [5.74, 6) is -0.305. The highest BCUT2D eigenvalue weighted by Crippen LogP contribution is 2.47. The second-order valence-electron chi connectivity index (χ2n) is 11.2. The van der Waals surface area contributed by atoms with Crippen LogP contribution in [0.1, 0.15) is 86.2 Å². The van der Waals surface area contributed by atoms with Crippen molar-refractivity contribution in [3.8, 4) is 11.3 Å². The molecular formula is C32H43N3O2. The Hall–Kier alpha value is -2.79. The van der Waals surface area contributed by atoms with Crippen LogP contribution in [0.4, 0.5) is 5.69 Å². The van der Waals surface area contributed by atoms with Crippen molar-refractivity contribution >= 4 is 22.6 Å². The van der Waals surface area contributed by atoms with E-state index in [0.717, 1.165) is 31.7 Å². The summed E-state index contributed by atoms with van der Waals surface area (Å²) < 4.78 is 2.46. The molecule has 0 atom stereocenters. The van der Waals surface area contributed by atoms with E-state index in [-0.39, 0.29) is 7.43 Å². The minimum absolute atomic E-state index is 0. The lowest BCUT2D eigenvalue weighted by atomic mass is 9.81. The first-order valence-corrected chi connectivity index (χ1v) is 14.1. The van der Waals surface area contributed by atoms with Gasteiger partial charge in [0.25, 0.3) is 0 Å². The minimum Gasteiger partial charge on any atom is -0.478 e. The maximum atomic E-state index is 11.9. The molecule has 1 aliphatic carbocycles. The monoisotopic (exact) mass is 501 g/mol. The molecule has 5 nitrogen and oxygen atoms in total. The average molecular weight is 502 g/mol. The van der Waals surface area contributed by atoms with Crippen LogP contribution in [0.25, 0.3) is 22.2 Å². The summed E-state index contributed by atoms with van der Waals surface area (Å²) in [5.41, 5.74) is 8.24. The summed E-state index contributed by atoms with van der Waals surface area (Å²) in [4.78, 5) is 17.1. The van der Waals surface area contributed by atoms with Crippen molar-refractivity contribution in [1.29, 1.82) is 0 Å². The van der Waals surface area contributed by atoms with Gasteiger partial charge in [-0.05, 0) is 81.4 Å². The van der Waals surface area contributed by atoms with Crippen molar-refractivity contribution < 1.29 is 9.90 Å². The zero-order valence-corrected chi connectivity index (χ0v) is 21.6. The molecule has 1 saturated carbocycles. The summed E-state index contributed by atoms with van der Waals surface area (Å²) >= 11 is 0. The summed E-state index contributed by atoms with van der Waals surface area (Å²) in [5, 5.41) is 11.0. The van der Waals surface area contributed by atoms with Gasteiger partial charge in [-0.1, -0.05) is 50.8 Å². The fraction of sp³-hybridized carbons (Fsp3) is 0.531. The van der Waals surface area contributed by atoms with E-state index in [1.54, 1.807) is 6.07 Å². The van der Waals surface area contributed by atoms with Crippen molar-refractivity contribution in [2.75, 3.05) is 37.6 Å². The number of benzene rings is 2. The molecule has 0 bridgehead atoms. The molecule has 0 unspecified atom stereocenters. The number of hydrogen-bond acceptors (Lipinski definition) is 3. The number of carbonyl (C=O) groups is 1. The Kier molecular flexibility index (Phi) is 7.62. The van der Waals surface area contributed by atoms with Gasteiger partial charge < -0.3 is 19.5 Å². The molecule has 0 amide bonds. The van der Waals surface area contributed by atoms with Gasteiger partial charge in [-0.3, -0.25) is 0 Å². The lowest BCUT2D eigenvalue weighted by molar-refractivity contribution is 0.0697. The van der Waals surface area contributed by atoms with Gasteiger partial charge in [-0.15, -0.1) is 0 Å². The normalized spacial score (nSPS) is 18.7. The van der Waals surface area contributed by atoms with Crippen LogP contribution in [0, 0.1) is 6.92 Å². The van der Waals surface area contributed by atoms with Gasteiger partial charge in [0.05, 0.1) is 11.3 Å². The SMILES string of the molecule is C.Cc1ccc2c(c1)-c1c(C3CCCCC3)c3ccc(C(=O)O)cc3n1CCN2CCN1CCCCC1. The highest BCUT2D eigenvalue weighted by molar-refractivity contribution is 5.99. The summed E-state index contributed by atoms with van der Waals surface area (Å²) in [7, 11) is 0. The molecule has 2 fully saturated rings. The van der Waals surface area contributed by atoms with E-state index >= 15 is 0 Å². The fourth-order valence-electron chi connectivity index (χ4n) is 6.97. The van der Waals surface area contributed by atoms with Gasteiger partial charge in [0, 0.05) is 48.3 Å². The Balaban J connectivity index is 0.00000280. The summed E-state index contributed by atoms with van der Waals surface area (Å²) in [6.45, 7) is 8.63. The van der Waals surface area contributed by atoms with E-state index in [0.29, 0.717) is 11.5 Å². The van der Waals surface area contributed by atoms with Crippen LogP contribution in [0.2, 0.25) is 0 Å². The Bertz CT molecular complexity index is 1260. The average Bonchev–Trinajstić information content (AvgIpc) is 3.14. The maximum Gasteiger partial charge on any atom is 0.335 e. The Labute approximate surface area is 222 Å². The number of aromatic nitrogens is 1. The molecular weight excluding hydrogens is 458 g/mol. The van der Waals surface area contributed by atoms with Gasteiger partial charge in [0.1, 0.15) is 0 Å². The van der Waals surface area contributed by atoms with Crippen molar-refractivity contribution in [2.24, 2.45) is 0 Å². The molecule has 0 radical (unpaired) electrons. The molecule has 3 heterocycles. The molecule has 198 valence electrons. The van der Waals surface area contributed by atoms with Crippen LogP contribution in [0.15, 0.2) is 36.4 Å².